The molecule has 3 aromatic rings. The number of anilines is 1. The van der Waals surface area contributed by atoms with Crippen molar-refractivity contribution in [3.63, 3.8) is 0 Å². The number of halogens is 2. The minimum absolute atomic E-state index is 0.0392. The molecule has 5 heteroatoms. The smallest absolute Gasteiger partial charge is 0.211 e. The van der Waals surface area contributed by atoms with E-state index >= 15 is 0 Å². The Labute approximate surface area is 209 Å². The molecule has 0 aliphatic carbocycles. The third kappa shape index (κ3) is 3.07. The van der Waals surface area contributed by atoms with Crippen LogP contribution < -0.4 is 9.64 Å². The lowest BCUT2D eigenvalue weighted by Gasteiger charge is -2.46. The number of likely N-dealkylation sites (N-methyl/N-ethyl adjacent to an activating group) is 1. The van der Waals surface area contributed by atoms with Gasteiger partial charge < -0.3 is 9.64 Å². The van der Waals surface area contributed by atoms with E-state index in [2.05, 4.69) is 95.3 Å². The quantitative estimate of drug-likeness (QED) is 0.234. The van der Waals surface area contributed by atoms with Crippen LogP contribution in [-0.4, -0.2) is 18.6 Å². The number of ketones is 1. The first-order valence-corrected chi connectivity index (χ1v) is 12.3. The molecule has 0 amide bonds. The monoisotopic (exact) mass is 633 g/mol. The van der Waals surface area contributed by atoms with Crippen LogP contribution in [-0.2, 0) is 5.41 Å². The molecular weight excluding hydrogens is 612 g/mol. The molecule has 1 spiro atoms. The minimum Gasteiger partial charge on any atom is -0.462 e. The number of carbonyl (C=O) groups excluding carboxylic acids is 1. The molecule has 156 valence electrons. The molecule has 0 saturated carbocycles. The molecule has 3 nitrogen and oxygen atoms in total. The topological polar surface area (TPSA) is 29.5 Å². The highest BCUT2D eigenvalue weighted by molar-refractivity contribution is 14.1. The minimum atomic E-state index is -0.663. The van der Waals surface area contributed by atoms with E-state index in [1.54, 1.807) is 0 Å². The van der Waals surface area contributed by atoms with Gasteiger partial charge in [0.2, 0.25) is 5.72 Å². The Kier molecular flexibility index (Phi) is 4.97. The largest absolute Gasteiger partial charge is 0.462 e. The average molecular weight is 633 g/mol. The highest BCUT2D eigenvalue weighted by atomic mass is 127. The number of hydrogen-bond donors (Lipinski definition) is 0. The first-order valence-electron chi connectivity index (χ1n) is 10.1. The molecule has 1 unspecified atom stereocenters. The molecule has 0 bridgehead atoms. The van der Waals surface area contributed by atoms with Crippen LogP contribution in [0.4, 0.5) is 5.69 Å². The summed E-state index contributed by atoms with van der Waals surface area (Å²) in [6.45, 7) is 4.39. The Balaban J connectivity index is 1.60. The molecule has 2 heterocycles. The van der Waals surface area contributed by atoms with Crippen LogP contribution in [0.25, 0.3) is 6.08 Å². The Morgan fingerprint density at radius 3 is 2.45 bits per heavy atom. The fourth-order valence-corrected chi connectivity index (χ4v) is 6.74. The molecule has 2 aliphatic heterocycles. The van der Waals surface area contributed by atoms with Crippen LogP contribution in [0, 0.1) is 7.14 Å². The second-order valence-corrected chi connectivity index (χ2v) is 11.0. The highest BCUT2D eigenvalue weighted by Gasteiger charge is 2.58. The van der Waals surface area contributed by atoms with Crippen molar-refractivity contribution < 1.29 is 9.53 Å². The van der Waals surface area contributed by atoms with Crippen LogP contribution in [0.1, 0.15) is 40.9 Å². The predicted molar refractivity (Wildman–Crippen MR) is 142 cm³/mol. The summed E-state index contributed by atoms with van der Waals surface area (Å²) in [6, 6.07) is 19.7. The first kappa shape index (κ1) is 21.0. The van der Waals surface area contributed by atoms with Gasteiger partial charge in [-0.25, -0.2) is 0 Å². The fraction of sp³-hybridized carbons (Fsp3) is 0.192. The van der Waals surface area contributed by atoms with E-state index in [0.717, 1.165) is 26.1 Å². The zero-order valence-electron chi connectivity index (χ0n) is 17.4. The maximum Gasteiger partial charge on any atom is 0.211 e. The van der Waals surface area contributed by atoms with Gasteiger partial charge in [0.15, 0.2) is 5.78 Å². The SMILES string of the molecule is CN1c2ccc(C(=O)c3ccccc3)cc2C(C)(C)C12C=Cc1cc(I)cc(I)c1O2. The number of benzene rings is 3. The van der Waals surface area contributed by atoms with E-state index in [1.165, 1.54) is 3.57 Å². The molecule has 5 rings (SSSR count). The summed E-state index contributed by atoms with van der Waals surface area (Å²) in [5.74, 6) is 0.953. The van der Waals surface area contributed by atoms with E-state index in [-0.39, 0.29) is 11.2 Å². The van der Waals surface area contributed by atoms with Crippen LogP contribution in [0.2, 0.25) is 0 Å². The van der Waals surface area contributed by atoms with Crippen molar-refractivity contribution in [1.82, 2.24) is 0 Å². The van der Waals surface area contributed by atoms with E-state index in [9.17, 15) is 4.79 Å². The lowest BCUT2D eigenvalue weighted by Crippen LogP contribution is -2.58. The zero-order chi connectivity index (χ0) is 22.0. The zero-order valence-corrected chi connectivity index (χ0v) is 21.8. The summed E-state index contributed by atoms with van der Waals surface area (Å²) in [7, 11) is 2.07. The summed E-state index contributed by atoms with van der Waals surface area (Å²) in [4.78, 5) is 15.3. The summed E-state index contributed by atoms with van der Waals surface area (Å²) in [5, 5.41) is 0. The van der Waals surface area contributed by atoms with Gasteiger partial charge in [-0.3, -0.25) is 4.79 Å². The summed E-state index contributed by atoms with van der Waals surface area (Å²) >= 11 is 4.69. The predicted octanol–water partition coefficient (Wildman–Crippen LogP) is 6.66. The normalized spacial score (nSPS) is 20.4. The van der Waals surface area contributed by atoms with Gasteiger partial charge in [0.25, 0.3) is 0 Å². The number of rotatable bonds is 2. The van der Waals surface area contributed by atoms with Gasteiger partial charge in [-0.1, -0.05) is 30.3 Å². The Bertz CT molecular complexity index is 1250. The molecule has 0 fully saturated rings. The number of fused-ring (bicyclic) bond motifs is 2. The van der Waals surface area contributed by atoms with Crippen molar-refractivity contribution in [2.24, 2.45) is 0 Å². The van der Waals surface area contributed by atoms with Crippen molar-refractivity contribution >= 4 is 62.7 Å². The van der Waals surface area contributed by atoms with E-state index in [0.29, 0.717) is 11.1 Å². The maximum absolute atomic E-state index is 13.1. The van der Waals surface area contributed by atoms with E-state index < -0.39 is 5.72 Å². The van der Waals surface area contributed by atoms with Crippen molar-refractivity contribution in [2.75, 3.05) is 11.9 Å². The van der Waals surface area contributed by atoms with Crippen molar-refractivity contribution in [3.8, 4) is 5.75 Å². The Hall–Kier alpha value is -1.87. The number of carbonyl (C=O) groups is 1. The molecule has 0 aromatic heterocycles. The summed E-state index contributed by atoms with van der Waals surface area (Å²) in [6.07, 6.45) is 4.34. The van der Waals surface area contributed by atoms with Crippen LogP contribution in [0.5, 0.6) is 5.75 Å². The van der Waals surface area contributed by atoms with Crippen molar-refractivity contribution in [1.29, 1.82) is 0 Å². The van der Waals surface area contributed by atoms with Gasteiger partial charge in [-0.05, 0) is 107 Å². The Morgan fingerprint density at radius 2 is 1.71 bits per heavy atom. The number of ether oxygens (including phenoxy) is 1. The average Bonchev–Trinajstić information content (AvgIpc) is 2.92. The van der Waals surface area contributed by atoms with Gasteiger partial charge in [0.05, 0.1) is 8.99 Å². The summed E-state index contributed by atoms with van der Waals surface area (Å²) < 4.78 is 9.10. The molecule has 3 aromatic carbocycles. The van der Waals surface area contributed by atoms with Crippen LogP contribution in [0.3, 0.4) is 0 Å². The van der Waals surface area contributed by atoms with E-state index in [4.69, 9.17) is 4.74 Å². The molecule has 2 aliphatic rings. The lowest BCUT2D eigenvalue weighted by atomic mass is 9.76. The van der Waals surface area contributed by atoms with Gasteiger partial charge in [-0.2, -0.15) is 0 Å². The number of hydrogen-bond acceptors (Lipinski definition) is 3. The molecular formula is C26H21I2NO2. The number of nitrogens with zero attached hydrogens (tertiary/aromatic N) is 1. The molecule has 31 heavy (non-hydrogen) atoms. The third-order valence-electron chi connectivity index (χ3n) is 6.51. The van der Waals surface area contributed by atoms with Crippen molar-refractivity contribution in [3.05, 3.63) is 96.1 Å². The molecule has 1 atom stereocenters. The van der Waals surface area contributed by atoms with Crippen molar-refractivity contribution in [2.45, 2.75) is 25.0 Å². The lowest BCUT2D eigenvalue weighted by molar-refractivity contribution is 0.0572. The van der Waals surface area contributed by atoms with Gasteiger partial charge in [0.1, 0.15) is 5.75 Å². The molecule has 0 radical (unpaired) electrons. The summed E-state index contributed by atoms with van der Waals surface area (Å²) in [5.41, 5.74) is 3.67. The molecule has 0 saturated heterocycles. The third-order valence-corrected chi connectivity index (χ3v) is 7.93. The fourth-order valence-electron chi connectivity index (χ4n) is 4.74. The second kappa shape index (κ2) is 7.33. The van der Waals surface area contributed by atoms with E-state index in [1.807, 2.05) is 48.5 Å². The van der Waals surface area contributed by atoms with Gasteiger partial charge >= 0.3 is 0 Å². The van der Waals surface area contributed by atoms with Gasteiger partial charge in [-0.15, -0.1) is 0 Å². The van der Waals surface area contributed by atoms with Crippen LogP contribution in [0.15, 0.2) is 66.7 Å². The Morgan fingerprint density at radius 1 is 0.968 bits per heavy atom. The molecule has 0 N–H and O–H groups in total. The highest BCUT2D eigenvalue weighted by Crippen LogP contribution is 2.55. The standard InChI is InChI=1S/C26H21I2NO2/c1-25(2)20-14-17(23(30)16-7-5-4-6-8-16)9-10-22(20)29(3)26(25)12-11-18-13-19(27)15-21(28)24(18)31-26/h4-15H,1-3H3. The van der Waals surface area contributed by atoms with Crippen LogP contribution >= 0.6 is 45.2 Å². The first-order chi connectivity index (χ1) is 14.7. The maximum atomic E-state index is 13.1. The van der Waals surface area contributed by atoms with Gasteiger partial charge in [0, 0.05) is 33.0 Å². The second-order valence-electron chi connectivity index (χ2n) is 8.55.